The number of nitrogens with zero attached hydrogens (tertiary/aromatic N) is 7. The molecule has 3 aromatic heterocycles. The number of anilines is 2. The Morgan fingerprint density at radius 1 is 1.17 bits per heavy atom. The second kappa shape index (κ2) is 11.2. The summed E-state index contributed by atoms with van der Waals surface area (Å²) < 4.78 is 1.85. The van der Waals surface area contributed by atoms with E-state index < -0.39 is 5.41 Å². The minimum absolute atomic E-state index is 0.00426. The number of nitriles is 1. The Labute approximate surface area is 251 Å². The molecule has 6 rings (SSSR count). The number of carbonyl (C=O) groups excluding carboxylic acids is 1. The van der Waals surface area contributed by atoms with Crippen LogP contribution in [0.3, 0.4) is 0 Å². The van der Waals surface area contributed by atoms with Gasteiger partial charge in [-0.15, -0.1) is 11.3 Å². The fourth-order valence-corrected chi connectivity index (χ4v) is 8.30. The monoisotopic (exact) mass is 585 g/mol. The van der Waals surface area contributed by atoms with Gasteiger partial charge < -0.3 is 16.4 Å². The van der Waals surface area contributed by atoms with Crippen LogP contribution < -0.4 is 16.4 Å². The highest BCUT2D eigenvalue weighted by Gasteiger charge is 2.49. The molecule has 2 atom stereocenters. The standard InChI is InChI=1S/C31H39N9OS/c1-19(2)38-12-6-13-40(20(3)17-38)25-15-24(39-14-11-35-18-39)36-30(37-25)27(33)21-7-4-9-31(28(21)41)10-5-8-23-26(31)22(16-32)29(34)42-23/h11,14-15,18-20H,4-10,12-13,17,33-34H2,1-3H3/t20-,31-/m0/s1. The molecule has 2 aliphatic carbocycles. The van der Waals surface area contributed by atoms with Crippen molar-refractivity contribution in [2.75, 3.05) is 30.3 Å². The average Bonchev–Trinajstić information content (AvgIpc) is 3.58. The Bertz CT molecular complexity index is 1570. The fraction of sp³-hybridized carbons (Fsp3) is 0.516. The third-order valence-electron chi connectivity index (χ3n) is 9.28. The summed E-state index contributed by atoms with van der Waals surface area (Å²) in [6.45, 7) is 9.54. The molecule has 11 heteroatoms. The van der Waals surface area contributed by atoms with Crippen LogP contribution >= 0.6 is 11.3 Å². The number of thiophene rings is 1. The SMILES string of the molecule is CC(C)N1CCCN(c2cc(-n3ccnc3)nc(C(N)=C3CCC[C@@]4(CCCc5sc(N)c(C#N)c54)C3=O)n2)[C@@H](C)C1. The number of allylic oxidation sites excluding steroid dienone is 1. The van der Waals surface area contributed by atoms with Gasteiger partial charge in [0, 0.05) is 60.6 Å². The van der Waals surface area contributed by atoms with Crippen LogP contribution in [0, 0.1) is 11.3 Å². The second-order valence-corrected chi connectivity index (χ2v) is 13.3. The zero-order chi connectivity index (χ0) is 29.6. The van der Waals surface area contributed by atoms with Gasteiger partial charge in [-0.3, -0.25) is 14.3 Å². The molecule has 1 saturated carbocycles. The zero-order valence-corrected chi connectivity index (χ0v) is 25.5. The predicted octanol–water partition coefficient (Wildman–Crippen LogP) is 4.18. The Morgan fingerprint density at radius 2 is 1.93 bits per heavy atom. The van der Waals surface area contributed by atoms with Gasteiger partial charge in [-0.1, -0.05) is 0 Å². The lowest BCUT2D eigenvalue weighted by atomic mass is 9.61. The zero-order valence-electron chi connectivity index (χ0n) is 24.6. The van der Waals surface area contributed by atoms with Crippen molar-refractivity contribution in [3.8, 4) is 11.9 Å². The molecular weight excluding hydrogens is 546 g/mol. The van der Waals surface area contributed by atoms with Crippen molar-refractivity contribution in [2.45, 2.75) is 83.2 Å². The van der Waals surface area contributed by atoms with Crippen molar-refractivity contribution in [3.05, 3.63) is 52.2 Å². The van der Waals surface area contributed by atoms with Gasteiger partial charge in [0.2, 0.25) is 0 Å². The molecule has 42 heavy (non-hydrogen) atoms. The molecule has 3 aliphatic rings. The molecule has 0 aromatic carbocycles. The van der Waals surface area contributed by atoms with Crippen molar-refractivity contribution in [1.82, 2.24) is 24.4 Å². The van der Waals surface area contributed by atoms with Gasteiger partial charge in [0.25, 0.3) is 0 Å². The van der Waals surface area contributed by atoms with Crippen molar-refractivity contribution in [3.63, 3.8) is 0 Å². The number of nitrogens with two attached hydrogens (primary N) is 2. The van der Waals surface area contributed by atoms with Crippen LogP contribution in [0.1, 0.15) is 81.1 Å². The van der Waals surface area contributed by atoms with Crippen LogP contribution in [-0.2, 0) is 16.6 Å². The van der Waals surface area contributed by atoms with Gasteiger partial charge in [0.1, 0.15) is 29.0 Å². The molecule has 10 nitrogen and oxygen atoms in total. The molecule has 2 fully saturated rings. The lowest BCUT2D eigenvalue weighted by molar-refractivity contribution is -0.122. The lowest BCUT2D eigenvalue weighted by Gasteiger charge is -2.40. The summed E-state index contributed by atoms with van der Waals surface area (Å²) in [7, 11) is 0. The molecule has 0 unspecified atom stereocenters. The molecule has 3 aromatic rings. The summed E-state index contributed by atoms with van der Waals surface area (Å²) in [5.41, 5.74) is 14.6. The van der Waals surface area contributed by atoms with Crippen molar-refractivity contribution in [2.24, 2.45) is 5.73 Å². The molecule has 4 N–H and O–H groups in total. The Kier molecular flexibility index (Phi) is 7.53. The van der Waals surface area contributed by atoms with Gasteiger partial charge in [0.15, 0.2) is 11.6 Å². The first kappa shape index (κ1) is 28.4. The van der Waals surface area contributed by atoms with E-state index >= 15 is 0 Å². The highest BCUT2D eigenvalue weighted by molar-refractivity contribution is 7.16. The number of aryl methyl sites for hydroxylation is 1. The number of carbonyl (C=O) groups is 1. The van der Waals surface area contributed by atoms with Gasteiger partial charge in [-0.25, -0.2) is 15.0 Å². The third-order valence-corrected chi connectivity index (χ3v) is 10.4. The minimum atomic E-state index is -0.768. The molecule has 1 spiro atoms. The number of hydrogen-bond donors (Lipinski definition) is 2. The summed E-state index contributed by atoms with van der Waals surface area (Å²) in [5.74, 6) is 1.80. The maximum absolute atomic E-state index is 14.5. The number of imidazole rings is 1. The van der Waals surface area contributed by atoms with Gasteiger partial charge >= 0.3 is 0 Å². The summed E-state index contributed by atoms with van der Waals surface area (Å²) in [4.78, 5) is 34.5. The van der Waals surface area contributed by atoms with Gasteiger partial charge in [-0.05, 0) is 71.3 Å². The number of hydrogen-bond acceptors (Lipinski definition) is 10. The largest absolute Gasteiger partial charge is 0.395 e. The van der Waals surface area contributed by atoms with E-state index in [1.807, 2.05) is 16.8 Å². The van der Waals surface area contributed by atoms with Crippen molar-refractivity contribution < 1.29 is 4.79 Å². The van der Waals surface area contributed by atoms with Crippen LogP contribution in [-0.4, -0.2) is 61.9 Å². The molecule has 0 bridgehead atoms. The molecule has 4 heterocycles. The molecule has 220 valence electrons. The molecule has 1 aliphatic heterocycles. The lowest BCUT2D eigenvalue weighted by Crippen LogP contribution is -2.43. The quantitative estimate of drug-likeness (QED) is 0.431. The molecule has 0 amide bonds. The van der Waals surface area contributed by atoms with E-state index in [1.165, 1.54) is 11.3 Å². The average molecular weight is 586 g/mol. The highest BCUT2D eigenvalue weighted by Crippen LogP contribution is 2.52. The summed E-state index contributed by atoms with van der Waals surface area (Å²) in [6, 6.07) is 4.99. The predicted molar refractivity (Wildman–Crippen MR) is 165 cm³/mol. The van der Waals surface area contributed by atoms with E-state index in [2.05, 4.69) is 41.6 Å². The van der Waals surface area contributed by atoms with E-state index in [4.69, 9.17) is 21.4 Å². The number of aromatic nitrogens is 4. The third kappa shape index (κ3) is 4.76. The van der Waals surface area contributed by atoms with Gasteiger partial charge in [0.05, 0.1) is 16.7 Å². The smallest absolute Gasteiger partial charge is 0.179 e. The highest BCUT2D eigenvalue weighted by atomic mass is 32.1. The maximum atomic E-state index is 14.5. The summed E-state index contributed by atoms with van der Waals surface area (Å²) in [6.07, 6.45) is 10.8. The van der Waals surface area contributed by atoms with E-state index in [0.29, 0.717) is 58.8 Å². The van der Waals surface area contributed by atoms with E-state index in [0.717, 1.165) is 61.6 Å². The van der Waals surface area contributed by atoms with Crippen LogP contribution in [0.15, 0.2) is 30.4 Å². The van der Waals surface area contributed by atoms with Crippen LogP contribution in [0.2, 0.25) is 0 Å². The maximum Gasteiger partial charge on any atom is 0.179 e. The van der Waals surface area contributed by atoms with Crippen LogP contribution in [0.4, 0.5) is 10.8 Å². The fourth-order valence-electron chi connectivity index (χ4n) is 7.14. The molecule has 0 radical (unpaired) electrons. The first-order chi connectivity index (χ1) is 20.2. The first-order valence-corrected chi connectivity index (χ1v) is 15.8. The normalized spacial score (nSPS) is 24.5. The second-order valence-electron chi connectivity index (χ2n) is 12.1. The number of Topliss-reactive ketones (excluding diaryl/α,β-unsaturated/α-hetero) is 1. The molecule has 1 saturated heterocycles. The van der Waals surface area contributed by atoms with E-state index in [-0.39, 0.29) is 11.8 Å². The Morgan fingerprint density at radius 3 is 2.64 bits per heavy atom. The number of ketones is 1. The number of fused-ring (bicyclic) bond motifs is 2. The summed E-state index contributed by atoms with van der Waals surface area (Å²) in [5, 5.41) is 10.5. The van der Waals surface area contributed by atoms with Crippen molar-refractivity contribution in [1.29, 1.82) is 5.26 Å². The van der Waals surface area contributed by atoms with Crippen LogP contribution in [0.5, 0.6) is 0 Å². The Balaban J connectivity index is 1.44. The van der Waals surface area contributed by atoms with E-state index in [1.54, 1.807) is 12.5 Å². The number of nitrogen functional groups attached to an aromatic ring is 1. The summed E-state index contributed by atoms with van der Waals surface area (Å²) >= 11 is 1.45. The topological polar surface area (TPSA) is 143 Å². The molecular formula is C31H39N9OS. The van der Waals surface area contributed by atoms with Crippen molar-refractivity contribution >= 4 is 33.6 Å². The number of rotatable bonds is 4. The van der Waals surface area contributed by atoms with Crippen LogP contribution in [0.25, 0.3) is 11.5 Å². The minimum Gasteiger partial charge on any atom is -0.395 e. The van der Waals surface area contributed by atoms with E-state index in [9.17, 15) is 10.1 Å². The Hall–Kier alpha value is -3.75. The first-order valence-electron chi connectivity index (χ1n) is 15.0. The van der Waals surface area contributed by atoms with Gasteiger partial charge in [-0.2, -0.15) is 5.26 Å².